The number of carbonyl (C=O) groups excluding carboxylic acids is 1. The van der Waals surface area contributed by atoms with Crippen molar-refractivity contribution in [3.63, 3.8) is 0 Å². The van der Waals surface area contributed by atoms with Crippen LogP contribution in [0.1, 0.15) is 5.56 Å². The molecule has 4 nitrogen and oxygen atoms in total. The van der Waals surface area contributed by atoms with Gasteiger partial charge in [0.25, 0.3) is 0 Å². The molecule has 1 rings (SSSR count). The molecule has 13 heavy (non-hydrogen) atoms. The summed E-state index contributed by atoms with van der Waals surface area (Å²) in [6.45, 7) is 0. The maximum Gasteiger partial charge on any atom is 0.240 e. The molecule has 0 aromatic carbocycles. The van der Waals surface area contributed by atoms with Gasteiger partial charge in [0, 0.05) is 6.20 Å². The Kier molecular flexibility index (Phi) is 3.23. The van der Waals surface area contributed by atoms with Crippen molar-refractivity contribution in [3.05, 3.63) is 23.9 Å². The van der Waals surface area contributed by atoms with Gasteiger partial charge < -0.3 is 5.32 Å². The van der Waals surface area contributed by atoms with E-state index in [1.807, 2.05) is 6.07 Å². The molecule has 66 valence electrons. The van der Waals surface area contributed by atoms with Gasteiger partial charge in [0.15, 0.2) is 0 Å². The van der Waals surface area contributed by atoms with Gasteiger partial charge in [-0.1, -0.05) is 0 Å². The highest BCUT2D eigenvalue weighted by atomic mass is 35.5. The summed E-state index contributed by atoms with van der Waals surface area (Å²) in [5.41, 5.74) is 0.448. The summed E-state index contributed by atoms with van der Waals surface area (Å²) in [4.78, 5) is 14.6. The van der Waals surface area contributed by atoms with Crippen LogP contribution in [0.25, 0.3) is 0 Å². The van der Waals surface area contributed by atoms with Gasteiger partial charge in [-0.15, -0.1) is 11.6 Å². The van der Waals surface area contributed by atoms with Gasteiger partial charge in [-0.05, 0) is 12.1 Å². The van der Waals surface area contributed by atoms with E-state index in [2.05, 4.69) is 10.3 Å². The molecule has 0 aliphatic heterocycles. The summed E-state index contributed by atoms with van der Waals surface area (Å²) >= 11 is 5.27. The van der Waals surface area contributed by atoms with Crippen molar-refractivity contribution in [2.24, 2.45) is 0 Å². The highest BCUT2D eigenvalue weighted by Gasteiger charge is 2.00. The summed E-state index contributed by atoms with van der Waals surface area (Å²) in [7, 11) is 0. The molecule has 1 N–H and O–H groups in total. The normalized spacial score (nSPS) is 8.92. The second-order valence-corrected chi connectivity index (χ2v) is 2.49. The SMILES string of the molecule is N#Cc1ccc(NC(=O)CCl)nc1. The third-order valence-electron chi connectivity index (χ3n) is 1.28. The van der Waals surface area contributed by atoms with Crippen molar-refractivity contribution in [3.8, 4) is 6.07 Å². The first kappa shape index (κ1) is 9.49. The van der Waals surface area contributed by atoms with Crippen molar-refractivity contribution in [1.29, 1.82) is 5.26 Å². The number of carbonyl (C=O) groups is 1. The van der Waals surface area contributed by atoms with Gasteiger partial charge in [-0.2, -0.15) is 5.26 Å². The van der Waals surface area contributed by atoms with Gasteiger partial charge in [0.05, 0.1) is 5.56 Å². The minimum absolute atomic E-state index is 0.109. The standard InChI is InChI=1S/C8H6ClN3O/c9-3-8(13)12-7-2-1-6(4-10)5-11-7/h1-2,5H,3H2,(H,11,12,13). The predicted molar refractivity (Wildman–Crippen MR) is 48.3 cm³/mol. The zero-order valence-electron chi connectivity index (χ0n) is 6.62. The molecule has 0 unspecified atom stereocenters. The van der Waals surface area contributed by atoms with Crippen molar-refractivity contribution in [1.82, 2.24) is 4.98 Å². The van der Waals surface area contributed by atoms with Gasteiger partial charge in [0.2, 0.25) is 5.91 Å². The van der Waals surface area contributed by atoms with Crippen LogP contribution in [-0.4, -0.2) is 16.8 Å². The van der Waals surface area contributed by atoms with Crippen LogP contribution in [0.15, 0.2) is 18.3 Å². The molecule has 0 spiro atoms. The lowest BCUT2D eigenvalue weighted by molar-refractivity contribution is -0.113. The molecule has 0 bridgehead atoms. The molecule has 0 fully saturated rings. The van der Waals surface area contributed by atoms with E-state index in [9.17, 15) is 4.79 Å². The zero-order valence-corrected chi connectivity index (χ0v) is 7.38. The van der Waals surface area contributed by atoms with Crippen molar-refractivity contribution >= 4 is 23.3 Å². The Hall–Kier alpha value is -1.60. The fourth-order valence-electron chi connectivity index (χ4n) is 0.710. The number of pyridine rings is 1. The van der Waals surface area contributed by atoms with Gasteiger partial charge in [0.1, 0.15) is 17.8 Å². The first-order chi connectivity index (χ1) is 6.26. The lowest BCUT2D eigenvalue weighted by Gasteiger charge is -2.00. The number of nitrogens with one attached hydrogen (secondary N) is 1. The number of hydrogen-bond donors (Lipinski definition) is 1. The monoisotopic (exact) mass is 195 g/mol. The molecule has 0 aliphatic carbocycles. The van der Waals surface area contributed by atoms with Gasteiger partial charge in [-0.3, -0.25) is 4.79 Å². The zero-order chi connectivity index (χ0) is 9.68. The fourth-order valence-corrected chi connectivity index (χ4v) is 0.777. The molecular weight excluding hydrogens is 190 g/mol. The Bertz CT molecular complexity index is 341. The third-order valence-corrected chi connectivity index (χ3v) is 1.52. The molecule has 0 aliphatic rings. The average Bonchev–Trinajstić information content (AvgIpc) is 2.19. The van der Waals surface area contributed by atoms with Crippen LogP contribution in [0.2, 0.25) is 0 Å². The Morgan fingerprint density at radius 1 is 1.69 bits per heavy atom. The molecule has 0 saturated carbocycles. The number of aromatic nitrogens is 1. The lowest BCUT2D eigenvalue weighted by atomic mass is 10.3. The smallest absolute Gasteiger partial charge is 0.240 e. The number of amides is 1. The Balaban J connectivity index is 2.71. The number of nitrogens with zero attached hydrogens (tertiary/aromatic N) is 2. The molecular formula is C8H6ClN3O. The second-order valence-electron chi connectivity index (χ2n) is 2.23. The van der Waals surface area contributed by atoms with Crippen molar-refractivity contribution < 1.29 is 4.79 Å². The molecule has 1 heterocycles. The number of nitriles is 1. The molecule has 1 amide bonds. The highest BCUT2D eigenvalue weighted by molar-refractivity contribution is 6.28. The Morgan fingerprint density at radius 2 is 2.46 bits per heavy atom. The number of halogens is 1. The van der Waals surface area contributed by atoms with Crippen LogP contribution >= 0.6 is 11.6 Å². The molecule has 0 saturated heterocycles. The van der Waals surface area contributed by atoms with Crippen molar-refractivity contribution in [2.45, 2.75) is 0 Å². The maximum absolute atomic E-state index is 10.8. The highest BCUT2D eigenvalue weighted by Crippen LogP contribution is 2.03. The third kappa shape index (κ3) is 2.73. The quantitative estimate of drug-likeness (QED) is 0.720. The van der Waals surface area contributed by atoms with E-state index in [1.54, 1.807) is 12.1 Å². The van der Waals surface area contributed by atoms with Gasteiger partial charge >= 0.3 is 0 Å². The summed E-state index contributed by atoms with van der Waals surface area (Å²) in [6, 6.07) is 5.03. The second kappa shape index (κ2) is 4.43. The van der Waals surface area contributed by atoms with E-state index in [4.69, 9.17) is 16.9 Å². The lowest BCUT2D eigenvalue weighted by Crippen LogP contribution is -2.13. The van der Waals surface area contributed by atoms with Crippen LogP contribution in [0, 0.1) is 11.3 Å². The molecule has 0 atom stereocenters. The van der Waals surface area contributed by atoms with E-state index < -0.39 is 0 Å². The van der Waals surface area contributed by atoms with E-state index in [1.165, 1.54) is 6.20 Å². The van der Waals surface area contributed by atoms with Gasteiger partial charge in [-0.25, -0.2) is 4.98 Å². The number of anilines is 1. The van der Waals surface area contributed by atoms with Crippen LogP contribution in [-0.2, 0) is 4.79 Å². The first-order valence-corrected chi connectivity index (χ1v) is 4.01. The summed E-state index contributed by atoms with van der Waals surface area (Å²) in [5, 5.41) is 10.9. The number of alkyl halides is 1. The largest absolute Gasteiger partial charge is 0.310 e. The Morgan fingerprint density at radius 3 is 2.92 bits per heavy atom. The van der Waals surface area contributed by atoms with Crippen LogP contribution in [0.4, 0.5) is 5.82 Å². The molecule has 1 aromatic heterocycles. The van der Waals surface area contributed by atoms with Crippen LogP contribution in [0.3, 0.4) is 0 Å². The Labute approximate surface area is 80.2 Å². The summed E-state index contributed by atoms with van der Waals surface area (Å²) in [5.74, 6) is -0.0367. The topological polar surface area (TPSA) is 65.8 Å². The fraction of sp³-hybridized carbons (Fsp3) is 0.125. The summed E-state index contributed by atoms with van der Waals surface area (Å²) < 4.78 is 0. The molecule has 0 radical (unpaired) electrons. The molecule has 1 aromatic rings. The van der Waals surface area contributed by atoms with Crippen LogP contribution in [0.5, 0.6) is 0 Å². The average molecular weight is 196 g/mol. The summed E-state index contributed by atoms with van der Waals surface area (Å²) in [6.07, 6.45) is 1.38. The first-order valence-electron chi connectivity index (χ1n) is 3.48. The number of rotatable bonds is 2. The van der Waals surface area contributed by atoms with E-state index >= 15 is 0 Å². The maximum atomic E-state index is 10.8. The minimum atomic E-state index is -0.320. The van der Waals surface area contributed by atoms with E-state index in [-0.39, 0.29) is 11.8 Å². The van der Waals surface area contributed by atoms with E-state index in [0.29, 0.717) is 11.4 Å². The minimum Gasteiger partial charge on any atom is -0.310 e. The molecule has 5 heteroatoms. The van der Waals surface area contributed by atoms with Crippen LogP contribution < -0.4 is 5.32 Å². The van der Waals surface area contributed by atoms with Crippen molar-refractivity contribution in [2.75, 3.05) is 11.2 Å². The van der Waals surface area contributed by atoms with E-state index in [0.717, 1.165) is 0 Å². The number of hydrogen-bond acceptors (Lipinski definition) is 3. The predicted octanol–water partition coefficient (Wildman–Crippen LogP) is 1.13.